The summed E-state index contributed by atoms with van der Waals surface area (Å²) in [5.41, 5.74) is 3.62. The summed E-state index contributed by atoms with van der Waals surface area (Å²) >= 11 is 4.53. The fourth-order valence-corrected chi connectivity index (χ4v) is 4.34. The number of aromatic amines is 1. The number of benzene rings is 1. The van der Waals surface area contributed by atoms with E-state index in [9.17, 15) is 4.79 Å². The summed E-state index contributed by atoms with van der Waals surface area (Å²) in [5, 5.41) is 4.59. The zero-order chi connectivity index (χ0) is 17.8. The maximum Gasteiger partial charge on any atom is 0.234 e. The zero-order valence-corrected chi connectivity index (χ0v) is 16.6. The van der Waals surface area contributed by atoms with Gasteiger partial charge in [-0.05, 0) is 37.6 Å². The fourth-order valence-electron chi connectivity index (χ4n) is 2.35. The van der Waals surface area contributed by atoms with Crippen LogP contribution < -0.4 is 5.32 Å². The highest BCUT2D eigenvalue weighted by molar-refractivity contribution is 8.00. The summed E-state index contributed by atoms with van der Waals surface area (Å²) in [6.07, 6.45) is 3.96. The van der Waals surface area contributed by atoms with Crippen LogP contribution in [0, 0.1) is 6.92 Å². The van der Waals surface area contributed by atoms with E-state index >= 15 is 0 Å². The van der Waals surface area contributed by atoms with Gasteiger partial charge >= 0.3 is 0 Å². The maximum atomic E-state index is 12.4. The highest BCUT2D eigenvalue weighted by Crippen LogP contribution is 2.33. The molecule has 130 valence electrons. The van der Waals surface area contributed by atoms with E-state index in [1.54, 1.807) is 11.8 Å². The highest BCUT2D eigenvalue weighted by atomic mass is 32.2. The molecule has 0 bridgehead atoms. The van der Waals surface area contributed by atoms with E-state index in [0.29, 0.717) is 0 Å². The molecule has 2 N–H and O–H groups in total. The molecule has 2 aromatic heterocycles. The third kappa shape index (κ3) is 4.31. The lowest BCUT2D eigenvalue weighted by molar-refractivity contribution is -0.113. The second-order valence-electron chi connectivity index (χ2n) is 5.25. The SMILES string of the molecule is CSc1cc(C)nc(SC)c1NC(=O)CSc1nc2ccccc2[nH]1. The molecule has 0 saturated carbocycles. The second-order valence-corrected chi connectivity index (χ2v) is 7.85. The summed E-state index contributed by atoms with van der Waals surface area (Å²) < 4.78 is 0. The number of aromatic nitrogens is 3. The Morgan fingerprint density at radius 1 is 1.20 bits per heavy atom. The first kappa shape index (κ1) is 18.2. The van der Waals surface area contributed by atoms with E-state index in [1.807, 2.05) is 49.8 Å². The molecule has 0 radical (unpaired) electrons. The largest absolute Gasteiger partial charge is 0.333 e. The molecule has 5 nitrogen and oxygen atoms in total. The van der Waals surface area contributed by atoms with E-state index < -0.39 is 0 Å². The molecule has 1 amide bonds. The molecule has 3 rings (SSSR count). The maximum absolute atomic E-state index is 12.4. The van der Waals surface area contributed by atoms with E-state index in [2.05, 4.69) is 20.3 Å². The standard InChI is InChI=1S/C17H18N4OS3/c1-10-8-13(23-2)15(16(18-10)24-3)21-14(22)9-25-17-19-11-6-4-5-7-12(11)20-17/h4-8H,9H2,1-3H3,(H,19,20)(H,21,22). The van der Waals surface area contributed by atoms with Crippen LogP contribution in [-0.4, -0.2) is 39.1 Å². The van der Waals surface area contributed by atoms with Crippen molar-refractivity contribution >= 4 is 57.9 Å². The number of carbonyl (C=O) groups excluding carboxylic acids is 1. The summed E-state index contributed by atoms with van der Waals surface area (Å²) in [4.78, 5) is 25.6. The van der Waals surface area contributed by atoms with Gasteiger partial charge in [0.15, 0.2) is 5.16 Å². The van der Waals surface area contributed by atoms with Gasteiger partial charge in [0.25, 0.3) is 0 Å². The molecule has 25 heavy (non-hydrogen) atoms. The normalized spacial score (nSPS) is 11.0. The van der Waals surface area contributed by atoms with E-state index in [1.165, 1.54) is 23.5 Å². The average molecular weight is 391 g/mol. The lowest BCUT2D eigenvalue weighted by atomic mass is 10.3. The number of anilines is 1. The topological polar surface area (TPSA) is 70.7 Å². The molecule has 3 aromatic rings. The Bertz CT molecular complexity index is 852. The molecule has 1 aromatic carbocycles. The van der Waals surface area contributed by atoms with Crippen molar-refractivity contribution in [1.29, 1.82) is 0 Å². The molecule has 0 aliphatic rings. The molecular formula is C17H18N4OS3. The van der Waals surface area contributed by atoms with E-state index in [4.69, 9.17) is 0 Å². The van der Waals surface area contributed by atoms with Crippen molar-refractivity contribution in [2.45, 2.75) is 22.0 Å². The van der Waals surface area contributed by atoms with Crippen LogP contribution >= 0.6 is 35.3 Å². The average Bonchev–Trinajstić information content (AvgIpc) is 3.04. The number of fused-ring (bicyclic) bond motifs is 1. The van der Waals surface area contributed by atoms with Crippen molar-refractivity contribution in [2.24, 2.45) is 0 Å². The summed E-state index contributed by atoms with van der Waals surface area (Å²) in [6, 6.07) is 9.82. The first-order valence-electron chi connectivity index (χ1n) is 7.57. The number of imidazole rings is 1. The first-order chi connectivity index (χ1) is 12.1. The molecule has 2 heterocycles. The lowest BCUT2D eigenvalue weighted by Crippen LogP contribution is -2.16. The molecule has 0 spiro atoms. The molecule has 0 aliphatic heterocycles. The van der Waals surface area contributed by atoms with Crippen LogP contribution in [0.4, 0.5) is 5.69 Å². The molecule has 0 saturated heterocycles. The van der Waals surface area contributed by atoms with Gasteiger partial charge < -0.3 is 10.3 Å². The van der Waals surface area contributed by atoms with Gasteiger partial charge in [-0.2, -0.15) is 0 Å². The van der Waals surface area contributed by atoms with Gasteiger partial charge in [-0.1, -0.05) is 23.9 Å². The van der Waals surface area contributed by atoms with Gasteiger partial charge in [0.05, 0.1) is 22.5 Å². The van der Waals surface area contributed by atoms with Crippen molar-refractivity contribution < 1.29 is 4.79 Å². The lowest BCUT2D eigenvalue weighted by Gasteiger charge is -2.13. The van der Waals surface area contributed by atoms with E-state index in [-0.39, 0.29) is 11.7 Å². The number of nitrogens with zero attached hydrogens (tertiary/aromatic N) is 2. The predicted octanol–water partition coefficient (Wildman–Crippen LogP) is 4.44. The fraction of sp³-hybridized carbons (Fsp3) is 0.235. The van der Waals surface area contributed by atoms with Gasteiger partial charge in [-0.25, -0.2) is 9.97 Å². The smallest absolute Gasteiger partial charge is 0.234 e. The second kappa shape index (κ2) is 8.16. The summed E-state index contributed by atoms with van der Waals surface area (Å²) in [5.74, 6) is 0.219. The van der Waals surface area contributed by atoms with Crippen LogP contribution in [0.3, 0.4) is 0 Å². The number of rotatable bonds is 6. The van der Waals surface area contributed by atoms with Gasteiger partial charge in [0, 0.05) is 10.6 Å². The number of hydrogen-bond acceptors (Lipinski definition) is 6. The van der Waals surface area contributed by atoms with Crippen molar-refractivity contribution in [3.63, 3.8) is 0 Å². The van der Waals surface area contributed by atoms with Crippen LogP contribution in [0.15, 0.2) is 45.4 Å². The van der Waals surface area contributed by atoms with Gasteiger partial charge in [0.2, 0.25) is 5.91 Å². The van der Waals surface area contributed by atoms with Crippen LogP contribution in [0.2, 0.25) is 0 Å². The Morgan fingerprint density at radius 3 is 2.72 bits per heavy atom. The zero-order valence-electron chi connectivity index (χ0n) is 14.1. The molecule has 0 unspecified atom stereocenters. The number of aryl methyl sites for hydroxylation is 1. The minimum atomic E-state index is -0.0679. The number of carbonyl (C=O) groups is 1. The Morgan fingerprint density at radius 2 is 2.00 bits per heavy atom. The van der Waals surface area contributed by atoms with Crippen molar-refractivity contribution in [1.82, 2.24) is 15.0 Å². The number of amides is 1. The van der Waals surface area contributed by atoms with Crippen LogP contribution in [-0.2, 0) is 4.79 Å². The Labute approximate surface area is 159 Å². The highest BCUT2D eigenvalue weighted by Gasteiger charge is 2.14. The van der Waals surface area contributed by atoms with Gasteiger partial charge in [0.1, 0.15) is 5.03 Å². The van der Waals surface area contributed by atoms with Gasteiger partial charge in [-0.15, -0.1) is 23.5 Å². The third-order valence-electron chi connectivity index (χ3n) is 3.46. The summed E-state index contributed by atoms with van der Waals surface area (Å²) in [7, 11) is 0. The number of hydrogen-bond donors (Lipinski definition) is 2. The number of nitrogens with one attached hydrogen (secondary N) is 2. The monoisotopic (exact) mass is 390 g/mol. The Kier molecular flexibility index (Phi) is 5.93. The van der Waals surface area contributed by atoms with Gasteiger partial charge in [-0.3, -0.25) is 4.79 Å². The number of pyridine rings is 1. The first-order valence-corrected chi connectivity index (χ1v) is 11.0. The molecule has 0 atom stereocenters. The van der Waals surface area contributed by atoms with Crippen molar-refractivity contribution in [3.05, 3.63) is 36.0 Å². The number of H-pyrrole nitrogens is 1. The van der Waals surface area contributed by atoms with Crippen LogP contribution in [0.1, 0.15) is 5.69 Å². The number of thioether (sulfide) groups is 3. The van der Waals surface area contributed by atoms with Crippen molar-refractivity contribution in [3.8, 4) is 0 Å². The number of para-hydroxylation sites is 2. The Hall–Kier alpha value is -1.64. The molecule has 0 aliphatic carbocycles. The van der Waals surface area contributed by atoms with Crippen molar-refractivity contribution in [2.75, 3.05) is 23.6 Å². The van der Waals surface area contributed by atoms with E-state index in [0.717, 1.165) is 37.5 Å². The third-order valence-corrected chi connectivity index (χ3v) is 5.78. The quantitative estimate of drug-likeness (QED) is 0.606. The minimum absolute atomic E-state index is 0.0679. The predicted molar refractivity (Wildman–Crippen MR) is 108 cm³/mol. The molecular weight excluding hydrogens is 372 g/mol. The van der Waals surface area contributed by atoms with Crippen LogP contribution in [0.25, 0.3) is 11.0 Å². The van der Waals surface area contributed by atoms with Crippen LogP contribution in [0.5, 0.6) is 0 Å². The molecule has 8 heteroatoms. The minimum Gasteiger partial charge on any atom is -0.333 e. The molecule has 0 fully saturated rings. The summed E-state index contributed by atoms with van der Waals surface area (Å²) in [6.45, 7) is 1.96. The Balaban J connectivity index is 1.70.